The number of rotatable bonds is 4. The van der Waals surface area contributed by atoms with Crippen LogP contribution in [-0.2, 0) is 13.2 Å². The fraction of sp³-hybridized carbons (Fsp3) is 0.600. The van der Waals surface area contributed by atoms with E-state index in [1.54, 1.807) is 0 Å². The van der Waals surface area contributed by atoms with Crippen molar-refractivity contribution in [2.75, 3.05) is 13.1 Å². The third kappa shape index (κ3) is 2.44. The SMILES string of the molecule is OCc1cccc(CNC2CCN3CCCC23)c1. The highest BCUT2D eigenvalue weighted by Gasteiger charge is 2.36. The van der Waals surface area contributed by atoms with Crippen LogP contribution in [0.5, 0.6) is 0 Å². The molecule has 1 aromatic carbocycles. The Morgan fingerprint density at radius 2 is 2.11 bits per heavy atom. The van der Waals surface area contributed by atoms with Gasteiger partial charge in [0.25, 0.3) is 0 Å². The number of aliphatic hydroxyl groups is 1. The van der Waals surface area contributed by atoms with Crippen LogP contribution in [0.2, 0.25) is 0 Å². The first-order valence-corrected chi connectivity index (χ1v) is 7.03. The first-order valence-electron chi connectivity index (χ1n) is 7.03. The van der Waals surface area contributed by atoms with E-state index in [1.165, 1.54) is 37.9 Å². The molecule has 18 heavy (non-hydrogen) atoms. The molecule has 0 amide bonds. The Morgan fingerprint density at radius 3 is 3.00 bits per heavy atom. The van der Waals surface area contributed by atoms with E-state index in [9.17, 15) is 0 Å². The van der Waals surface area contributed by atoms with Crippen LogP contribution in [0.1, 0.15) is 30.4 Å². The van der Waals surface area contributed by atoms with Crippen LogP contribution in [0.25, 0.3) is 0 Å². The first-order chi connectivity index (χ1) is 8.86. The van der Waals surface area contributed by atoms with Crippen molar-refractivity contribution >= 4 is 0 Å². The molecule has 1 aromatic rings. The molecule has 2 heterocycles. The molecule has 3 rings (SSSR count). The van der Waals surface area contributed by atoms with E-state index >= 15 is 0 Å². The van der Waals surface area contributed by atoms with Crippen LogP contribution in [0, 0.1) is 0 Å². The second-order valence-corrected chi connectivity index (χ2v) is 5.50. The lowest BCUT2D eigenvalue weighted by atomic mass is 10.1. The molecule has 2 atom stereocenters. The summed E-state index contributed by atoms with van der Waals surface area (Å²) in [5, 5.41) is 12.8. The van der Waals surface area contributed by atoms with Crippen molar-refractivity contribution in [3.05, 3.63) is 35.4 Å². The molecule has 2 saturated heterocycles. The Kier molecular flexibility index (Phi) is 3.64. The molecule has 2 N–H and O–H groups in total. The summed E-state index contributed by atoms with van der Waals surface area (Å²) in [6, 6.07) is 9.65. The molecule has 0 bridgehead atoms. The number of hydrogen-bond donors (Lipinski definition) is 2. The Bertz CT molecular complexity index is 407. The zero-order valence-corrected chi connectivity index (χ0v) is 10.8. The second kappa shape index (κ2) is 5.39. The molecule has 2 aliphatic heterocycles. The standard InChI is InChI=1S/C15H22N2O/c18-11-13-4-1-3-12(9-13)10-16-14-6-8-17-7-2-5-15(14)17/h1,3-4,9,14-16,18H,2,5-8,10-11H2. The molecule has 0 saturated carbocycles. The van der Waals surface area contributed by atoms with Crippen molar-refractivity contribution in [3.63, 3.8) is 0 Å². The van der Waals surface area contributed by atoms with E-state index in [0.29, 0.717) is 6.04 Å². The molecule has 98 valence electrons. The summed E-state index contributed by atoms with van der Waals surface area (Å²) in [5.41, 5.74) is 2.28. The Morgan fingerprint density at radius 1 is 1.22 bits per heavy atom. The molecular weight excluding hydrogens is 224 g/mol. The van der Waals surface area contributed by atoms with Crippen LogP contribution < -0.4 is 5.32 Å². The van der Waals surface area contributed by atoms with Crippen molar-refractivity contribution in [1.82, 2.24) is 10.2 Å². The summed E-state index contributed by atoms with van der Waals surface area (Å²) in [7, 11) is 0. The van der Waals surface area contributed by atoms with E-state index in [-0.39, 0.29) is 6.61 Å². The first kappa shape index (κ1) is 12.2. The minimum absolute atomic E-state index is 0.133. The summed E-state index contributed by atoms with van der Waals surface area (Å²) in [6.07, 6.45) is 4.00. The van der Waals surface area contributed by atoms with Gasteiger partial charge in [-0.15, -0.1) is 0 Å². The van der Waals surface area contributed by atoms with Crippen molar-refractivity contribution in [2.45, 2.75) is 44.5 Å². The smallest absolute Gasteiger partial charge is 0.0681 e. The highest BCUT2D eigenvalue weighted by Crippen LogP contribution is 2.28. The zero-order chi connectivity index (χ0) is 12.4. The number of nitrogens with zero attached hydrogens (tertiary/aromatic N) is 1. The molecule has 2 unspecified atom stereocenters. The summed E-state index contributed by atoms with van der Waals surface area (Å²) in [5.74, 6) is 0. The van der Waals surface area contributed by atoms with E-state index in [2.05, 4.69) is 22.3 Å². The van der Waals surface area contributed by atoms with Gasteiger partial charge < -0.3 is 10.4 Å². The summed E-state index contributed by atoms with van der Waals surface area (Å²) in [6.45, 7) is 3.61. The normalized spacial score (nSPS) is 27.6. The Hall–Kier alpha value is -0.900. The van der Waals surface area contributed by atoms with Crippen molar-refractivity contribution in [3.8, 4) is 0 Å². The van der Waals surface area contributed by atoms with E-state index in [0.717, 1.165) is 18.2 Å². The van der Waals surface area contributed by atoms with Gasteiger partial charge in [-0.2, -0.15) is 0 Å². The predicted octanol–water partition coefficient (Wildman–Crippen LogP) is 1.51. The lowest BCUT2D eigenvalue weighted by Crippen LogP contribution is -2.38. The lowest BCUT2D eigenvalue weighted by molar-refractivity contribution is 0.281. The van der Waals surface area contributed by atoms with E-state index in [1.807, 2.05) is 12.1 Å². The van der Waals surface area contributed by atoms with E-state index < -0.39 is 0 Å². The van der Waals surface area contributed by atoms with Gasteiger partial charge in [-0.3, -0.25) is 4.90 Å². The molecule has 2 aliphatic rings. The van der Waals surface area contributed by atoms with Gasteiger partial charge in [-0.1, -0.05) is 24.3 Å². The summed E-state index contributed by atoms with van der Waals surface area (Å²) in [4.78, 5) is 2.63. The van der Waals surface area contributed by atoms with Crippen molar-refractivity contribution < 1.29 is 5.11 Å². The van der Waals surface area contributed by atoms with E-state index in [4.69, 9.17) is 5.11 Å². The quantitative estimate of drug-likeness (QED) is 0.845. The Balaban J connectivity index is 1.57. The summed E-state index contributed by atoms with van der Waals surface area (Å²) >= 11 is 0. The zero-order valence-electron chi connectivity index (χ0n) is 10.8. The van der Waals surface area contributed by atoms with Gasteiger partial charge in [0.1, 0.15) is 0 Å². The van der Waals surface area contributed by atoms with Gasteiger partial charge in [0, 0.05) is 25.2 Å². The maximum atomic E-state index is 9.14. The van der Waals surface area contributed by atoms with Crippen molar-refractivity contribution in [1.29, 1.82) is 0 Å². The number of nitrogens with one attached hydrogen (secondary N) is 1. The van der Waals surface area contributed by atoms with Crippen molar-refractivity contribution in [2.24, 2.45) is 0 Å². The fourth-order valence-electron chi connectivity index (χ4n) is 3.41. The average Bonchev–Trinajstić information content (AvgIpc) is 3.00. The van der Waals surface area contributed by atoms with Crippen LogP contribution in [-0.4, -0.2) is 35.2 Å². The minimum atomic E-state index is 0.133. The molecule has 0 aromatic heterocycles. The summed E-state index contributed by atoms with van der Waals surface area (Å²) < 4.78 is 0. The fourth-order valence-corrected chi connectivity index (χ4v) is 3.41. The predicted molar refractivity (Wildman–Crippen MR) is 72.2 cm³/mol. The maximum absolute atomic E-state index is 9.14. The number of fused-ring (bicyclic) bond motifs is 1. The molecule has 0 spiro atoms. The highest BCUT2D eigenvalue weighted by atomic mass is 16.3. The molecule has 3 nitrogen and oxygen atoms in total. The topological polar surface area (TPSA) is 35.5 Å². The van der Waals surface area contributed by atoms with Crippen LogP contribution in [0.3, 0.4) is 0 Å². The largest absolute Gasteiger partial charge is 0.392 e. The van der Waals surface area contributed by atoms with Crippen LogP contribution in [0.4, 0.5) is 0 Å². The average molecular weight is 246 g/mol. The molecule has 0 radical (unpaired) electrons. The van der Waals surface area contributed by atoms with Crippen LogP contribution >= 0.6 is 0 Å². The van der Waals surface area contributed by atoms with Gasteiger partial charge in [-0.25, -0.2) is 0 Å². The molecule has 3 heteroatoms. The number of benzene rings is 1. The monoisotopic (exact) mass is 246 g/mol. The number of aliphatic hydroxyl groups excluding tert-OH is 1. The second-order valence-electron chi connectivity index (χ2n) is 5.50. The molecular formula is C15H22N2O. The number of hydrogen-bond acceptors (Lipinski definition) is 3. The van der Waals surface area contributed by atoms with Gasteiger partial charge >= 0.3 is 0 Å². The third-order valence-corrected chi connectivity index (χ3v) is 4.35. The van der Waals surface area contributed by atoms with Gasteiger partial charge in [-0.05, 0) is 36.9 Å². The minimum Gasteiger partial charge on any atom is -0.392 e. The highest BCUT2D eigenvalue weighted by molar-refractivity contribution is 5.22. The van der Waals surface area contributed by atoms with Crippen LogP contribution in [0.15, 0.2) is 24.3 Å². The van der Waals surface area contributed by atoms with Gasteiger partial charge in [0.05, 0.1) is 6.61 Å². The van der Waals surface area contributed by atoms with Gasteiger partial charge in [0.15, 0.2) is 0 Å². The lowest BCUT2D eigenvalue weighted by Gasteiger charge is -2.21. The molecule has 2 fully saturated rings. The maximum Gasteiger partial charge on any atom is 0.0681 e. The third-order valence-electron chi connectivity index (χ3n) is 4.35. The molecule has 0 aliphatic carbocycles. The Labute approximate surface area is 109 Å². The van der Waals surface area contributed by atoms with Gasteiger partial charge in [0.2, 0.25) is 0 Å².